The molecule has 0 spiro atoms. The van der Waals surface area contributed by atoms with Gasteiger partial charge in [-0.25, -0.2) is 9.97 Å². The van der Waals surface area contributed by atoms with Crippen LogP contribution in [0.3, 0.4) is 0 Å². The summed E-state index contributed by atoms with van der Waals surface area (Å²) in [6.07, 6.45) is -6.03. The Kier molecular flexibility index (Phi) is 4.71. The first kappa shape index (κ1) is 14.5. The highest BCUT2D eigenvalue weighted by Crippen LogP contribution is 2.20. The maximum Gasteiger partial charge on any atom is 0.416 e. The molecule has 8 heteroatoms. The van der Waals surface area contributed by atoms with Crippen molar-refractivity contribution in [3.8, 4) is 5.88 Å². The van der Waals surface area contributed by atoms with Crippen molar-refractivity contribution in [3.63, 3.8) is 0 Å². The molecule has 0 radical (unpaired) electrons. The molecule has 0 aliphatic carbocycles. The van der Waals surface area contributed by atoms with Gasteiger partial charge in [0.05, 0.1) is 12.6 Å². The lowest BCUT2D eigenvalue weighted by atomic mass is 10.3. The monoisotopic (exact) mass is 265 g/mol. The molecule has 1 atom stereocenters. The summed E-state index contributed by atoms with van der Waals surface area (Å²) in [5, 5.41) is 11.2. The lowest BCUT2D eigenvalue weighted by Crippen LogP contribution is -2.35. The standard InChI is InChI=1S/C10H14F3N3O2/c1-6(2)18-9-3-8(15-5-16-9)14-4-7(17)10(11,12)13/h3,5-7,17H,4H2,1-2H3,(H,14,15,16). The lowest BCUT2D eigenvalue weighted by molar-refractivity contribution is -0.198. The number of nitrogens with zero attached hydrogens (tertiary/aromatic N) is 2. The number of aromatic nitrogens is 2. The van der Waals surface area contributed by atoms with Crippen molar-refractivity contribution >= 4 is 5.82 Å². The number of alkyl halides is 3. The second kappa shape index (κ2) is 5.85. The van der Waals surface area contributed by atoms with Crippen molar-refractivity contribution in [2.75, 3.05) is 11.9 Å². The van der Waals surface area contributed by atoms with E-state index in [9.17, 15) is 13.2 Å². The fourth-order valence-electron chi connectivity index (χ4n) is 1.06. The number of ether oxygens (including phenoxy) is 1. The van der Waals surface area contributed by atoms with Crippen LogP contribution in [0.15, 0.2) is 12.4 Å². The maximum absolute atomic E-state index is 12.1. The highest BCUT2D eigenvalue weighted by Gasteiger charge is 2.37. The van der Waals surface area contributed by atoms with Crippen LogP contribution in [0, 0.1) is 0 Å². The van der Waals surface area contributed by atoms with Gasteiger partial charge in [0.1, 0.15) is 12.1 Å². The summed E-state index contributed by atoms with van der Waals surface area (Å²) < 4.78 is 41.4. The van der Waals surface area contributed by atoms with Gasteiger partial charge in [0.15, 0.2) is 6.10 Å². The molecule has 1 heterocycles. The quantitative estimate of drug-likeness (QED) is 0.846. The number of hydrogen-bond donors (Lipinski definition) is 2. The Morgan fingerprint density at radius 1 is 1.39 bits per heavy atom. The molecule has 0 bridgehead atoms. The van der Waals surface area contributed by atoms with Crippen LogP contribution >= 0.6 is 0 Å². The molecule has 0 amide bonds. The topological polar surface area (TPSA) is 67.3 Å². The molecule has 5 nitrogen and oxygen atoms in total. The molecule has 1 unspecified atom stereocenters. The van der Waals surface area contributed by atoms with Crippen molar-refractivity contribution in [3.05, 3.63) is 12.4 Å². The van der Waals surface area contributed by atoms with E-state index in [1.54, 1.807) is 13.8 Å². The highest BCUT2D eigenvalue weighted by molar-refractivity contribution is 5.37. The van der Waals surface area contributed by atoms with E-state index in [-0.39, 0.29) is 17.8 Å². The number of hydrogen-bond acceptors (Lipinski definition) is 5. The SMILES string of the molecule is CC(C)Oc1cc(NCC(O)C(F)(F)F)ncn1. The van der Waals surface area contributed by atoms with Crippen molar-refractivity contribution in [2.24, 2.45) is 0 Å². The minimum absolute atomic E-state index is 0.103. The average molecular weight is 265 g/mol. The second-order valence-electron chi connectivity index (χ2n) is 3.85. The minimum atomic E-state index is -4.66. The molecular formula is C10H14F3N3O2. The smallest absolute Gasteiger partial charge is 0.416 e. The molecule has 102 valence electrons. The van der Waals surface area contributed by atoms with Crippen LogP contribution in [0.5, 0.6) is 5.88 Å². The molecule has 0 fully saturated rings. The second-order valence-corrected chi connectivity index (χ2v) is 3.85. The molecule has 0 aromatic carbocycles. The summed E-state index contributed by atoms with van der Waals surface area (Å²) >= 11 is 0. The van der Waals surface area contributed by atoms with Crippen molar-refractivity contribution in [1.82, 2.24) is 9.97 Å². The first-order valence-corrected chi connectivity index (χ1v) is 5.26. The van der Waals surface area contributed by atoms with E-state index in [1.807, 2.05) is 0 Å². The number of aliphatic hydroxyl groups excluding tert-OH is 1. The summed E-state index contributed by atoms with van der Waals surface area (Å²) in [4.78, 5) is 7.52. The van der Waals surface area contributed by atoms with E-state index < -0.39 is 18.8 Å². The van der Waals surface area contributed by atoms with E-state index in [0.29, 0.717) is 0 Å². The van der Waals surface area contributed by atoms with E-state index in [4.69, 9.17) is 9.84 Å². The van der Waals surface area contributed by atoms with E-state index in [0.717, 1.165) is 0 Å². The summed E-state index contributed by atoms with van der Waals surface area (Å²) in [7, 11) is 0. The summed E-state index contributed by atoms with van der Waals surface area (Å²) in [5.41, 5.74) is 0. The Balaban J connectivity index is 2.57. The number of rotatable bonds is 5. The zero-order chi connectivity index (χ0) is 13.8. The van der Waals surface area contributed by atoms with Gasteiger partial charge in [0.25, 0.3) is 0 Å². The fraction of sp³-hybridized carbons (Fsp3) is 0.600. The van der Waals surface area contributed by atoms with Gasteiger partial charge >= 0.3 is 6.18 Å². The van der Waals surface area contributed by atoms with E-state index in [2.05, 4.69) is 15.3 Å². The Bertz CT molecular complexity index is 385. The zero-order valence-corrected chi connectivity index (χ0v) is 9.90. The molecule has 0 saturated heterocycles. The molecule has 2 N–H and O–H groups in total. The van der Waals surface area contributed by atoms with Crippen LogP contribution < -0.4 is 10.1 Å². The Morgan fingerprint density at radius 3 is 2.61 bits per heavy atom. The molecule has 1 aromatic heterocycles. The van der Waals surface area contributed by atoms with Gasteiger partial charge in [-0.2, -0.15) is 13.2 Å². The molecule has 0 aliphatic rings. The van der Waals surface area contributed by atoms with Gasteiger partial charge in [-0.05, 0) is 13.8 Å². The van der Waals surface area contributed by atoms with E-state index >= 15 is 0 Å². The molecule has 18 heavy (non-hydrogen) atoms. The van der Waals surface area contributed by atoms with Gasteiger partial charge < -0.3 is 15.2 Å². The van der Waals surface area contributed by atoms with Crippen LogP contribution in [0.2, 0.25) is 0 Å². The first-order chi connectivity index (χ1) is 8.29. The number of anilines is 1. The third-order valence-corrected chi connectivity index (χ3v) is 1.85. The lowest BCUT2D eigenvalue weighted by Gasteiger charge is -2.15. The summed E-state index contributed by atoms with van der Waals surface area (Å²) in [5.74, 6) is 0.410. The zero-order valence-electron chi connectivity index (χ0n) is 9.90. The van der Waals surface area contributed by atoms with Gasteiger partial charge in [-0.15, -0.1) is 0 Å². The van der Waals surface area contributed by atoms with Crippen LogP contribution in [0.1, 0.15) is 13.8 Å². The third kappa shape index (κ3) is 4.74. The van der Waals surface area contributed by atoms with Crippen molar-refractivity contribution in [2.45, 2.75) is 32.2 Å². The van der Waals surface area contributed by atoms with Gasteiger partial charge in [-0.1, -0.05) is 0 Å². The first-order valence-electron chi connectivity index (χ1n) is 5.26. The molecule has 1 aromatic rings. The fourth-order valence-corrected chi connectivity index (χ4v) is 1.06. The maximum atomic E-state index is 12.1. The predicted molar refractivity (Wildman–Crippen MR) is 58.3 cm³/mol. The Morgan fingerprint density at radius 2 is 2.06 bits per heavy atom. The average Bonchev–Trinajstić information content (AvgIpc) is 2.24. The van der Waals surface area contributed by atoms with Crippen molar-refractivity contribution < 1.29 is 23.0 Å². The molecule has 0 aliphatic heterocycles. The van der Waals surface area contributed by atoms with Crippen LogP contribution in [-0.4, -0.2) is 40.0 Å². The number of nitrogens with one attached hydrogen (secondary N) is 1. The Hall–Kier alpha value is -1.57. The van der Waals surface area contributed by atoms with Crippen LogP contribution in [0.4, 0.5) is 19.0 Å². The molecule has 1 rings (SSSR count). The summed E-state index contributed by atoms with van der Waals surface area (Å²) in [6, 6.07) is 1.36. The third-order valence-electron chi connectivity index (χ3n) is 1.85. The van der Waals surface area contributed by atoms with Gasteiger partial charge in [0.2, 0.25) is 5.88 Å². The molecular weight excluding hydrogens is 251 g/mol. The minimum Gasteiger partial charge on any atom is -0.475 e. The number of aliphatic hydroxyl groups is 1. The van der Waals surface area contributed by atoms with Crippen LogP contribution in [-0.2, 0) is 0 Å². The van der Waals surface area contributed by atoms with Gasteiger partial charge in [0, 0.05) is 6.07 Å². The normalized spacial score (nSPS) is 13.5. The largest absolute Gasteiger partial charge is 0.475 e. The number of halogens is 3. The molecule has 0 saturated carbocycles. The van der Waals surface area contributed by atoms with E-state index in [1.165, 1.54) is 12.4 Å². The summed E-state index contributed by atoms with van der Waals surface area (Å²) in [6.45, 7) is 2.91. The predicted octanol–water partition coefficient (Wildman–Crippen LogP) is 1.60. The van der Waals surface area contributed by atoms with Crippen LogP contribution in [0.25, 0.3) is 0 Å². The van der Waals surface area contributed by atoms with Gasteiger partial charge in [-0.3, -0.25) is 0 Å². The van der Waals surface area contributed by atoms with Crippen molar-refractivity contribution in [1.29, 1.82) is 0 Å². The highest BCUT2D eigenvalue weighted by atomic mass is 19.4. The Labute approximate surface area is 102 Å².